The van der Waals surface area contributed by atoms with Crippen LogP contribution in [0, 0.1) is 11.3 Å². The Bertz CT molecular complexity index is 197. The second kappa shape index (κ2) is 5.09. The van der Waals surface area contributed by atoms with Crippen LogP contribution in [-0.4, -0.2) is 24.1 Å². The van der Waals surface area contributed by atoms with Crippen molar-refractivity contribution >= 4 is 11.8 Å². The first kappa shape index (κ1) is 11.8. The normalized spacial score (nSPS) is 32.0. The van der Waals surface area contributed by atoms with Gasteiger partial charge in [0.1, 0.15) is 0 Å². The lowest BCUT2D eigenvalue weighted by molar-refractivity contribution is 0.351. The van der Waals surface area contributed by atoms with Crippen LogP contribution in [-0.2, 0) is 0 Å². The number of hydrogen-bond donors (Lipinski definition) is 1. The van der Waals surface area contributed by atoms with E-state index in [4.69, 9.17) is 0 Å². The van der Waals surface area contributed by atoms with E-state index in [1.807, 2.05) is 0 Å². The molecule has 0 radical (unpaired) electrons. The van der Waals surface area contributed by atoms with E-state index in [1.165, 1.54) is 50.2 Å². The van der Waals surface area contributed by atoms with Gasteiger partial charge in [0, 0.05) is 6.04 Å². The molecule has 1 nitrogen and oxygen atoms in total. The first-order chi connectivity index (χ1) is 7.16. The van der Waals surface area contributed by atoms with Gasteiger partial charge in [0.2, 0.25) is 0 Å². The molecule has 2 aliphatic rings. The summed E-state index contributed by atoms with van der Waals surface area (Å²) in [5, 5.41) is 3.80. The third-order valence-corrected chi connectivity index (χ3v) is 5.05. The van der Waals surface area contributed by atoms with Crippen LogP contribution < -0.4 is 5.32 Å². The molecule has 1 aliphatic heterocycles. The van der Waals surface area contributed by atoms with Crippen molar-refractivity contribution in [2.45, 2.75) is 52.0 Å². The Morgan fingerprint density at radius 3 is 2.53 bits per heavy atom. The fourth-order valence-electron chi connectivity index (χ4n) is 2.89. The maximum absolute atomic E-state index is 3.80. The van der Waals surface area contributed by atoms with Crippen molar-refractivity contribution in [3.05, 3.63) is 0 Å². The zero-order valence-corrected chi connectivity index (χ0v) is 11.0. The fourth-order valence-corrected chi connectivity index (χ4v) is 4.10. The predicted molar refractivity (Wildman–Crippen MR) is 69.5 cm³/mol. The van der Waals surface area contributed by atoms with Gasteiger partial charge in [-0.25, -0.2) is 0 Å². The Labute approximate surface area is 98.8 Å². The Morgan fingerprint density at radius 2 is 1.93 bits per heavy atom. The van der Waals surface area contributed by atoms with Crippen LogP contribution in [0.1, 0.15) is 46.0 Å². The molecular formula is C13H25NS. The molecule has 1 heterocycles. The van der Waals surface area contributed by atoms with Crippen molar-refractivity contribution in [1.29, 1.82) is 0 Å². The van der Waals surface area contributed by atoms with E-state index in [0.29, 0.717) is 5.41 Å². The molecule has 0 bridgehead atoms. The molecule has 88 valence electrons. The van der Waals surface area contributed by atoms with E-state index in [9.17, 15) is 0 Å². The summed E-state index contributed by atoms with van der Waals surface area (Å²) in [5.41, 5.74) is 0.597. The summed E-state index contributed by atoms with van der Waals surface area (Å²) in [6.07, 6.45) is 7.07. The van der Waals surface area contributed by atoms with E-state index in [-0.39, 0.29) is 0 Å². The van der Waals surface area contributed by atoms with Crippen molar-refractivity contribution in [3.8, 4) is 0 Å². The summed E-state index contributed by atoms with van der Waals surface area (Å²) in [7, 11) is 0. The van der Waals surface area contributed by atoms with Gasteiger partial charge in [-0.1, -0.05) is 13.8 Å². The summed E-state index contributed by atoms with van der Waals surface area (Å²) >= 11 is 2.13. The van der Waals surface area contributed by atoms with E-state index in [2.05, 4.69) is 30.9 Å². The Morgan fingerprint density at radius 1 is 1.20 bits per heavy atom. The minimum absolute atomic E-state index is 0.597. The molecule has 1 saturated carbocycles. The van der Waals surface area contributed by atoms with Gasteiger partial charge < -0.3 is 5.32 Å². The molecule has 0 spiro atoms. The lowest BCUT2D eigenvalue weighted by atomic mass is 9.92. The van der Waals surface area contributed by atoms with Gasteiger partial charge >= 0.3 is 0 Å². The highest BCUT2D eigenvalue weighted by molar-refractivity contribution is 7.99. The van der Waals surface area contributed by atoms with Crippen LogP contribution in [0.5, 0.6) is 0 Å². The molecule has 15 heavy (non-hydrogen) atoms. The van der Waals surface area contributed by atoms with Gasteiger partial charge in [0.25, 0.3) is 0 Å². The lowest BCUT2D eigenvalue weighted by Crippen LogP contribution is -2.33. The Hall–Kier alpha value is 0.310. The molecule has 1 unspecified atom stereocenters. The van der Waals surface area contributed by atoms with E-state index in [1.54, 1.807) is 0 Å². The minimum atomic E-state index is 0.597. The van der Waals surface area contributed by atoms with Crippen molar-refractivity contribution < 1.29 is 0 Å². The third kappa shape index (κ3) is 3.67. The lowest BCUT2D eigenvalue weighted by Gasteiger charge is -2.24. The van der Waals surface area contributed by atoms with Crippen LogP contribution in [0.25, 0.3) is 0 Å². The Balaban J connectivity index is 1.65. The van der Waals surface area contributed by atoms with Gasteiger partial charge in [-0.15, -0.1) is 0 Å². The maximum Gasteiger partial charge on any atom is 0.00724 e. The van der Waals surface area contributed by atoms with Gasteiger partial charge in [-0.2, -0.15) is 11.8 Å². The molecule has 0 aromatic carbocycles. The average molecular weight is 227 g/mol. The van der Waals surface area contributed by atoms with Crippen LogP contribution in [0.2, 0.25) is 0 Å². The summed E-state index contributed by atoms with van der Waals surface area (Å²) in [6.45, 7) is 6.10. The van der Waals surface area contributed by atoms with Crippen molar-refractivity contribution in [2.24, 2.45) is 11.3 Å². The molecule has 1 aliphatic carbocycles. The van der Waals surface area contributed by atoms with Crippen LogP contribution in [0.4, 0.5) is 0 Å². The molecular weight excluding hydrogens is 202 g/mol. The highest BCUT2D eigenvalue weighted by Gasteiger charge is 2.30. The summed E-state index contributed by atoms with van der Waals surface area (Å²) in [6, 6.07) is 0.814. The van der Waals surface area contributed by atoms with Gasteiger partial charge in [0.15, 0.2) is 0 Å². The van der Waals surface area contributed by atoms with Gasteiger partial charge in [-0.3, -0.25) is 0 Å². The number of nitrogens with one attached hydrogen (secondary N) is 1. The standard InChI is InChI=1S/C13H25NS/c1-13(2)6-3-12(9-13)14-10-11-4-7-15-8-5-11/h11-12,14H,3-10H2,1-2H3. The summed E-state index contributed by atoms with van der Waals surface area (Å²) < 4.78 is 0. The number of hydrogen-bond acceptors (Lipinski definition) is 2. The van der Waals surface area contributed by atoms with Crippen LogP contribution >= 0.6 is 11.8 Å². The molecule has 2 fully saturated rings. The predicted octanol–water partition coefficient (Wildman–Crippen LogP) is 3.30. The highest BCUT2D eigenvalue weighted by Crippen LogP contribution is 2.37. The minimum Gasteiger partial charge on any atom is -0.314 e. The fraction of sp³-hybridized carbons (Fsp3) is 1.00. The van der Waals surface area contributed by atoms with Crippen LogP contribution in [0.15, 0.2) is 0 Å². The SMILES string of the molecule is CC1(C)CCC(NCC2CCSCC2)C1. The quantitative estimate of drug-likeness (QED) is 0.794. The molecule has 1 atom stereocenters. The molecule has 2 heteroatoms. The van der Waals surface area contributed by atoms with Gasteiger partial charge in [0.05, 0.1) is 0 Å². The molecule has 0 aromatic rings. The largest absolute Gasteiger partial charge is 0.314 e. The van der Waals surface area contributed by atoms with E-state index < -0.39 is 0 Å². The number of thioether (sulfide) groups is 1. The number of rotatable bonds is 3. The molecule has 0 amide bonds. The summed E-state index contributed by atoms with van der Waals surface area (Å²) in [5.74, 6) is 3.75. The average Bonchev–Trinajstić information content (AvgIpc) is 2.57. The first-order valence-electron chi connectivity index (χ1n) is 6.47. The summed E-state index contributed by atoms with van der Waals surface area (Å²) in [4.78, 5) is 0. The molecule has 0 aromatic heterocycles. The second-order valence-corrected chi connectivity index (χ2v) is 7.29. The zero-order chi connectivity index (χ0) is 10.7. The molecule has 2 rings (SSSR count). The van der Waals surface area contributed by atoms with Crippen molar-refractivity contribution in [1.82, 2.24) is 5.32 Å². The third-order valence-electron chi connectivity index (χ3n) is 4.00. The van der Waals surface area contributed by atoms with Crippen LogP contribution in [0.3, 0.4) is 0 Å². The van der Waals surface area contributed by atoms with E-state index >= 15 is 0 Å². The maximum atomic E-state index is 3.80. The smallest absolute Gasteiger partial charge is 0.00724 e. The molecule has 1 N–H and O–H groups in total. The molecule has 1 saturated heterocycles. The second-order valence-electron chi connectivity index (χ2n) is 6.07. The highest BCUT2D eigenvalue weighted by atomic mass is 32.2. The monoisotopic (exact) mass is 227 g/mol. The topological polar surface area (TPSA) is 12.0 Å². The van der Waals surface area contributed by atoms with Crippen molar-refractivity contribution in [2.75, 3.05) is 18.1 Å². The van der Waals surface area contributed by atoms with E-state index in [0.717, 1.165) is 12.0 Å². The zero-order valence-electron chi connectivity index (χ0n) is 10.2. The first-order valence-corrected chi connectivity index (χ1v) is 7.62. The van der Waals surface area contributed by atoms with Gasteiger partial charge in [-0.05, 0) is 61.5 Å². The Kier molecular flexibility index (Phi) is 4.00. The van der Waals surface area contributed by atoms with Crippen molar-refractivity contribution in [3.63, 3.8) is 0 Å².